The van der Waals surface area contributed by atoms with Crippen molar-refractivity contribution in [2.24, 2.45) is 5.92 Å². The van der Waals surface area contributed by atoms with E-state index < -0.39 is 0 Å². The van der Waals surface area contributed by atoms with Crippen molar-refractivity contribution in [2.45, 2.75) is 45.1 Å². The quantitative estimate of drug-likeness (QED) is 0.777. The smallest absolute Gasteiger partial charge is 0.241 e. The number of fused-ring (bicyclic) bond motifs is 1. The first-order valence-electron chi connectivity index (χ1n) is 9.77. The van der Waals surface area contributed by atoms with Crippen molar-refractivity contribution in [1.82, 2.24) is 9.88 Å². The number of aryl methyl sites for hydroxylation is 1. The second-order valence-corrected chi connectivity index (χ2v) is 9.06. The fourth-order valence-corrected chi connectivity index (χ4v) is 4.61. The topological polar surface area (TPSA) is 36.4 Å². The number of nitrogens with zero attached hydrogens (tertiary/aromatic N) is 3. The first-order valence-corrected chi connectivity index (χ1v) is 10.6. The van der Waals surface area contributed by atoms with E-state index in [1.807, 2.05) is 11.8 Å². The van der Waals surface area contributed by atoms with Gasteiger partial charge in [-0.1, -0.05) is 6.07 Å². The highest BCUT2D eigenvalue weighted by molar-refractivity contribution is 7.09. The van der Waals surface area contributed by atoms with E-state index in [-0.39, 0.29) is 5.91 Å². The number of aromatic nitrogens is 1. The number of hydrogen-bond donors (Lipinski definition) is 0. The fourth-order valence-electron chi connectivity index (χ4n) is 3.99. The molecule has 4 nitrogen and oxygen atoms in total. The van der Waals surface area contributed by atoms with E-state index >= 15 is 0 Å². The Morgan fingerprint density at radius 1 is 1.31 bits per heavy atom. The summed E-state index contributed by atoms with van der Waals surface area (Å²) in [5.74, 6) is 1.12. The molecule has 0 bridgehead atoms. The number of amides is 1. The average molecular weight is 368 g/mol. The van der Waals surface area contributed by atoms with Gasteiger partial charge in [-0.15, -0.1) is 11.3 Å². The molecule has 2 heterocycles. The van der Waals surface area contributed by atoms with Crippen molar-refractivity contribution in [1.29, 1.82) is 0 Å². The third-order valence-electron chi connectivity index (χ3n) is 5.78. The van der Waals surface area contributed by atoms with E-state index in [2.05, 4.69) is 33.5 Å². The van der Waals surface area contributed by atoms with Crippen LogP contribution in [0.15, 0.2) is 23.6 Å². The molecule has 0 spiro atoms. The fraction of sp³-hybridized carbons (Fsp3) is 0.524. The molecule has 1 aromatic heterocycles. The van der Waals surface area contributed by atoms with Crippen LogP contribution in [0.3, 0.4) is 0 Å². The summed E-state index contributed by atoms with van der Waals surface area (Å²) in [5, 5.41) is 3.20. The molecule has 26 heavy (non-hydrogen) atoms. The summed E-state index contributed by atoms with van der Waals surface area (Å²) < 4.78 is 0. The van der Waals surface area contributed by atoms with Gasteiger partial charge in [-0.2, -0.15) is 0 Å². The van der Waals surface area contributed by atoms with Crippen molar-refractivity contribution in [3.8, 4) is 11.3 Å². The van der Waals surface area contributed by atoms with Crippen molar-refractivity contribution < 1.29 is 4.79 Å². The zero-order valence-corrected chi connectivity index (χ0v) is 16.1. The Labute approximate surface area is 158 Å². The van der Waals surface area contributed by atoms with Crippen LogP contribution in [0.25, 0.3) is 11.3 Å². The molecular formula is C21H25N3OS. The van der Waals surface area contributed by atoms with Gasteiger partial charge in [-0.3, -0.25) is 9.69 Å². The van der Waals surface area contributed by atoms with Crippen molar-refractivity contribution in [3.63, 3.8) is 0 Å². The van der Waals surface area contributed by atoms with Crippen LogP contribution in [0, 0.1) is 12.8 Å². The molecule has 0 atom stereocenters. The summed E-state index contributed by atoms with van der Waals surface area (Å²) >= 11 is 1.68. The number of benzene rings is 1. The van der Waals surface area contributed by atoms with E-state index in [0.717, 1.165) is 47.4 Å². The molecule has 2 saturated carbocycles. The lowest BCUT2D eigenvalue weighted by Gasteiger charge is -2.25. The van der Waals surface area contributed by atoms with Crippen LogP contribution in [-0.4, -0.2) is 41.5 Å². The molecule has 5 heteroatoms. The van der Waals surface area contributed by atoms with E-state index in [1.165, 1.54) is 31.2 Å². The standard InChI is InChI=1S/C21H25N3OS/c1-14-22-19(13-26-14)16-4-7-20-17(10-16)8-9-24(20)21(25)12-23(18-5-6-18)11-15-2-3-15/h4,7,10,13,15,18H,2-3,5-6,8-9,11-12H2,1H3. The number of carbonyl (C=O) groups excluding carboxylic acids is 1. The summed E-state index contributed by atoms with van der Waals surface area (Å²) in [5.41, 5.74) is 4.59. The minimum absolute atomic E-state index is 0.272. The second kappa shape index (κ2) is 6.46. The molecular weight excluding hydrogens is 342 g/mol. The Morgan fingerprint density at radius 2 is 2.15 bits per heavy atom. The van der Waals surface area contributed by atoms with Crippen LogP contribution >= 0.6 is 11.3 Å². The Kier molecular flexibility index (Phi) is 4.09. The van der Waals surface area contributed by atoms with Gasteiger partial charge >= 0.3 is 0 Å². The highest BCUT2D eigenvalue weighted by Gasteiger charge is 2.36. The van der Waals surface area contributed by atoms with Gasteiger partial charge in [0.1, 0.15) is 0 Å². The maximum Gasteiger partial charge on any atom is 0.241 e. The molecule has 2 fully saturated rings. The van der Waals surface area contributed by atoms with Gasteiger partial charge < -0.3 is 4.90 Å². The van der Waals surface area contributed by atoms with Crippen LogP contribution in [0.5, 0.6) is 0 Å². The normalized spacial score (nSPS) is 19.2. The zero-order chi connectivity index (χ0) is 17.7. The first-order chi connectivity index (χ1) is 12.7. The van der Waals surface area contributed by atoms with Gasteiger partial charge in [0.25, 0.3) is 0 Å². The SMILES string of the molecule is Cc1nc(-c2ccc3c(c2)CCN3C(=O)CN(CC2CC2)C2CC2)cs1. The Balaban J connectivity index is 1.31. The Bertz CT molecular complexity index is 838. The molecule has 1 aromatic carbocycles. The van der Waals surface area contributed by atoms with E-state index in [4.69, 9.17) is 0 Å². The summed E-state index contributed by atoms with van der Waals surface area (Å²) in [7, 11) is 0. The minimum Gasteiger partial charge on any atom is -0.311 e. The van der Waals surface area contributed by atoms with Crippen LogP contribution in [-0.2, 0) is 11.2 Å². The first kappa shape index (κ1) is 16.5. The van der Waals surface area contributed by atoms with Crippen LogP contribution in [0.4, 0.5) is 5.69 Å². The molecule has 0 radical (unpaired) electrons. The molecule has 2 aliphatic carbocycles. The number of rotatable bonds is 6. The Hall–Kier alpha value is -1.72. The van der Waals surface area contributed by atoms with Crippen LogP contribution < -0.4 is 4.90 Å². The number of hydrogen-bond acceptors (Lipinski definition) is 4. The second-order valence-electron chi connectivity index (χ2n) is 7.99. The van der Waals surface area contributed by atoms with Crippen LogP contribution in [0.1, 0.15) is 36.3 Å². The minimum atomic E-state index is 0.272. The average Bonchev–Trinajstić information content (AvgIpc) is 3.55. The van der Waals surface area contributed by atoms with E-state index in [9.17, 15) is 4.79 Å². The third-order valence-corrected chi connectivity index (χ3v) is 6.56. The maximum absolute atomic E-state index is 13.0. The predicted molar refractivity (Wildman–Crippen MR) is 106 cm³/mol. The molecule has 1 amide bonds. The van der Waals surface area contributed by atoms with Gasteiger partial charge in [0.05, 0.1) is 17.2 Å². The maximum atomic E-state index is 13.0. The van der Waals surface area contributed by atoms with Gasteiger partial charge in [-0.25, -0.2) is 4.98 Å². The third kappa shape index (κ3) is 3.30. The predicted octanol–water partition coefficient (Wildman–Crippen LogP) is 3.88. The lowest BCUT2D eigenvalue weighted by atomic mass is 10.1. The number of carbonyl (C=O) groups is 1. The summed E-state index contributed by atoms with van der Waals surface area (Å²) in [6.45, 7) is 4.57. The molecule has 3 aliphatic rings. The largest absolute Gasteiger partial charge is 0.311 e. The monoisotopic (exact) mass is 367 g/mol. The highest BCUT2D eigenvalue weighted by atomic mass is 32.1. The van der Waals surface area contributed by atoms with Gasteiger partial charge in [0.2, 0.25) is 5.91 Å². The Morgan fingerprint density at radius 3 is 2.85 bits per heavy atom. The molecule has 2 aromatic rings. The van der Waals surface area contributed by atoms with Gasteiger partial charge in [-0.05, 0) is 62.6 Å². The van der Waals surface area contributed by atoms with E-state index in [1.54, 1.807) is 11.3 Å². The lowest BCUT2D eigenvalue weighted by molar-refractivity contribution is -0.119. The van der Waals surface area contributed by atoms with Gasteiger partial charge in [0.15, 0.2) is 0 Å². The summed E-state index contributed by atoms with van der Waals surface area (Å²) in [4.78, 5) is 22.0. The van der Waals surface area contributed by atoms with Crippen LogP contribution in [0.2, 0.25) is 0 Å². The lowest BCUT2D eigenvalue weighted by Crippen LogP contribution is -2.41. The molecule has 0 N–H and O–H groups in total. The van der Waals surface area contributed by atoms with Crippen molar-refractivity contribution in [2.75, 3.05) is 24.5 Å². The number of thiazole rings is 1. The number of anilines is 1. The molecule has 0 unspecified atom stereocenters. The zero-order valence-electron chi connectivity index (χ0n) is 15.3. The molecule has 136 valence electrons. The van der Waals surface area contributed by atoms with Crippen molar-refractivity contribution in [3.05, 3.63) is 34.2 Å². The van der Waals surface area contributed by atoms with Crippen molar-refractivity contribution >= 4 is 22.9 Å². The highest BCUT2D eigenvalue weighted by Crippen LogP contribution is 2.36. The van der Waals surface area contributed by atoms with Gasteiger partial charge in [0, 0.05) is 35.8 Å². The van der Waals surface area contributed by atoms with E-state index in [0.29, 0.717) is 12.6 Å². The molecule has 5 rings (SSSR count). The molecule has 0 saturated heterocycles. The summed E-state index contributed by atoms with van der Waals surface area (Å²) in [6, 6.07) is 7.12. The summed E-state index contributed by atoms with van der Waals surface area (Å²) in [6.07, 6.45) is 6.19. The molecule has 1 aliphatic heterocycles.